The van der Waals surface area contributed by atoms with Gasteiger partial charge in [0.2, 0.25) is 5.91 Å². The number of amides is 2. The fraction of sp³-hybridized carbons (Fsp3) is 0.333. The van der Waals surface area contributed by atoms with E-state index in [1.54, 1.807) is 30.3 Å². The lowest BCUT2D eigenvalue weighted by molar-refractivity contribution is -0.113. The third-order valence-electron chi connectivity index (χ3n) is 5.10. The van der Waals surface area contributed by atoms with Crippen LogP contribution in [0.2, 0.25) is 5.02 Å². The number of carbonyl (C=O) groups excluding carboxylic acids is 2. The molecule has 0 aliphatic heterocycles. The maximum atomic E-state index is 12.8. The molecular weight excluding hydrogens is 474 g/mol. The van der Waals surface area contributed by atoms with Gasteiger partial charge in [-0.2, -0.15) is 0 Å². The predicted molar refractivity (Wildman–Crippen MR) is 135 cm³/mol. The molecule has 10 heteroatoms. The van der Waals surface area contributed by atoms with E-state index in [-0.39, 0.29) is 29.5 Å². The highest BCUT2D eigenvalue weighted by Gasteiger charge is 2.26. The van der Waals surface area contributed by atoms with Crippen LogP contribution in [0, 0.1) is 5.92 Å². The molecule has 0 spiro atoms. The third kappa shape index (κ3) is 6.30. The number of thioether (sulfide) groups is 1. The summed E-state index contributed by atoms with van der Waals surface area (Å²) in [6.07, 6.45) is 0. The Morgan fingerprint density at radius 2 is 1.88 bits per heavy atom. The Hall–Kier alpha value is -3.04. The number of benzene rings is 2. The molecule has 2 amide bonds. The van der Waals surface area contributed by atoms with Crippen molar-refractivity contribution in [2.24, 2.45) is 5.92 Å². The maximum absolute atomic E-state index is 12.8. The van der Waals surface area contributed by atoms with Crippen molar-refractivity contribution in [1.82, 2.24) is 20.1 Å². The van der Waals surface area contributed by atoms with Crippen LogP contribution in [0.25, 0.3) is 0 Å². The lowest BCUT2D eigenvalue weighted by Crippen LogP contribution is -2.33. The highest BCUT2D eigenvalue weighted by Crippen LogP contribution is 2.29. The number of nitrogens with one attached hydrogen (secondary N) is 2. The normalized spacial score (nSPS) is 11.8. The lowest BCUT2D eigenvalue weighted by Gasteiger charge is -2.22. The first kappa shape index (κ1) is 25.6. The molecule has 0 fully saturated rings. The molecule has 180 valence electrons. The Balaban J connectivity index is 1.72. The second-order valence-corrected chi connectivity index (χ2v) is 9.21. The molecule has 1 atom stereocenters. The Morgan fingerprint density at radius 1 is 1.15 bits per heavy atom. The van der Waals surface area contributed by atoms with Gasteiger partial charge in [0.05, 0.1) is 24.6 Å². The average Bonchev–Trinajstić information content (AvgIpc) is 3.24. The molecule has 0 aliphatic rings. The number of anilines is 1. The summed E-state index contributed by atoms with van der Waals surface area (Å²) in [4.78, 5) is 25.3. The summed E-state index contributed by atoms with van der Waals surface area (Å²) in [6.45, 7) is 6.61. The molecule has 0 bridgehead atoms. The van der Waals surface area contributed by atoms with Crippen molar-refractivity contribution in [3.05, 3.63) is 64.9 Å². The topological polar surface area (TPSA) is 98.1 Å². The van der Waals surface area contributed by atoms with E-state index in [0.717, 1.165) is 0 Å². The summed E-state index contributed by atoms with van der Waals surface area (Å²) >= 11 is 7.31. The van der Waals surface area contributed by atoms with E-state index in [4.69, 9.17) is 16.3 Å². The molecular formula is C24H28ClN5O3S. The second-order valence-electron chi connectivity index (χ2n) is 7.83. The number of carbonyl (C=O) groups is 2. The number of halogens is 1. The van der Waals surface area contributed by atoms with Crippen molar-refractivity contribution < 1.29 is 14.3 Å². The van der Waals surface area contributed by atoms with Crippen molar-refractivity contribution in [2.75, 3.05) is 18.2 Å². The van der Waals surface area contributed by atoms with Crippen molar-refractivity contribution in [3.8, 4) is 5.75 Å². The fourth-order valence-electron chi connectivity index (χ4n) is 3.37. The first-order valence-corrected chi connectivity index (χ1v) is 12.3. The minimum absolute atomic E-state index is 0.0820. The van der Waals surface area contributed by atoms with E-state index in [2.05, 4.69) is 20.8 Å². The van der Waals surface area contributed by atoms with Gasteiger partial charge in [-0.1, -0.05) is 55.4 Å². The van der Waals surface area contributed by atoms with Crippen LogP contribution in [0.3, 0.4) is 0 Å². The SMILES string of the molecule is CCn1c(SCC(=O)Nc2cc(Cl)ccc2OC)nnc1[C@@H](NC(=O)c1ccccc1)C(C)C. The van der Waals surface area contributed by atoms with Gasteiger partial charge in [0.15, 0.2) is 11.0 Å². The molecule has 1 aromatic heterocycles. The first-order valence-electron chi connectivity index (χ1n) is 10.9. The summed E-state index contributed by atoms with van der Waals surface area (Å²) in [5.41, 5.74) is 1.08. The monoisotopic (exact) mass is 501 g/mol. The van der Waals surface area contributed by atoms with Gasteiger partial charge < -0.3 is 19.9 Å². The number of hydrogen-bond donors (Lipinski definition) is 2. The molecule has 3 aromatic rings. The molecule has 0 unspecified atom stereocenters. The number of hydrogen-bond acceptors (Lipinski definition) is 6. The summed E-state index contributed by atoms with van der Waals surface area (Å²) in [5.74, 6) is 0.983. The summed E-state index contributed by atoms with van der Waals surface area (Å²) in [6, 6.07) is 13.7. The van der Waals surface area contributed by atoms with Crippen LogP contribution < -0.4 is 15.4 Å². The molecule has 1 heterocycles. The molecule has 2 N–H and O–H groups in total. The maximum Gasteiger partial charge on any atom is 0.251 e. The van der Waals surface area contributed by atoms with Crippen molar-refractivity contribution in [3.63, 3.8) is 0 Å². The first-order chi connectivity index (χ1) is 16.3. The van der Waals surface area contributed by atoms with Gasteiger partial charge in [-0.3, -0.25) is 9.59 Å². The Bertz CT molecular complexity index is 1140. The second kappa shape index (κ2) is 11.9. The standard InChI is InChI=1S/C24H28ClN5O3S/c1-5-30-22(21(15(2)3)27-23(32)16-9-7-6-8-10-16)28-29-24(30)34-14-20(31)26-18-13-17(25)11-12-19(18)33-4/h6-13,15,21H,5,14H2,1-4H3,(H,26,31)(H,27,32)/t21-/m0/s1. The van der Waals surface area contributed by atoms with Crippen LogP contribution in [0.4, 0.5) is 5.69 Å². The van der Waals surface area contributed by atoms with Gasteiger partial charge >= 0.3 is 0 Å². The van der Waals surface area contributed by atoms with Gasteiger partial charge in [0, 0.05) is 17.1 Å². The zero-order chi connectivity index (χ0) is 24.7. The van der Waals surface area contributed by atoms with Gasteiger partial charge in [-0.05, 0) is 43.2 Å². The van der Waals surface area contributed by atoms with E-state index < -0.39 is 0 Å². The Kier molecular flexibility index (Phi) is 8.95. The molecule has 8 nitrogen and oxygen atoms in total. The van der Waals surface area contributed by atoms with E-state index in [0.29, 0.717) is 39.5 Å². The highest BCUT2D eigenvalue weighted by molar-refractivity contribution is 7.99. The zero-order valence-electron chi connectivity index (χ0n) is 19.5. The van der Waals surface area contributed by atoms with E-state index in [1.165, 1.54) is 18.9 Å². The van der Waals surface area contributed by atoms with Gasteiger partial charge in [0.1, 0.15) is 5.75 Å². The number of aromatic nitrogens is 3. The molecule has 0 radical (unpaired) electrons. The Labute approximate surface area is 208 Å². The van der Waals surface area contributed by atoms with Gasteiger partial charge in [0.25, 0.3) is 5.91 Å². The largest absolute Gasteiger partial charge is 0.495 e. The quantitative estimate of drug-likeness (QED) is 0.386. The minimum atomic E-state index is -0.334. The average molecular weight is 502 g/mol. The molecule has 2 aromatic carbocycles. The van der Waals surface area contributed by atoms with Crippen molar-refractivity contribution in [2.45, 2.75) is 38.5 Å². The molecule has 0 saturated heterocycles. The van der Waals surface area contributed by atoms with Crippen molar-refractivity contribution in [1.29, 1.82) is 0 Å². The number of ether oxygens (including phenoxy) is 1. The molecule has 0 aliphatic carbocycles. The van der Waals surface area contributed by atoms with Crippen LogP contribution in [0.5, 0.6) is 5.75 Å². The van der Waals surface area contributed by atoms with E-state index >= 15 is 0 Å². The van der Waals surface area contributed by atoms with E-state index in [9.17, 15) is 9.59 Å². The Morgan fingerprint density at radius 3 is 2.53 bits per heavy atom. The van der Waals surface area contributed by atoms with E-state index in [1.807, 2.05) is 43.5 Å². The fourth-order valence-corrected chi connectivity index (χ4v) is 4.35. The van der Waals surface area contributed by atoms with Crippen LogP contribution in [-0.2, 0) is 11.3 Å². The summed E-state index contributed by atoms with van der Waals surface area (Å²) < 4.78 is 7.20. The lowest BCUT2D eigenvalue weighted by atomic mass is 10.0. The molecule has 3 rings (SSSR count). The number of nitrogens with zero attached hydrogens (tertiary/aromatic N) is 3. The zero-order valence-corrected chi connectivity index (χ0v) is 21.1. The van der Waals surface area contributed by atoms with Crippen LogP contribution in [0.15, 0.2) is 53.7 Å². The van der Waals surface area contributed by atoms with Crippen LogP contribution in [0.1, 0.15) is 43.0 Å². The predicted octanol–water partition coefficient (Wildman–Crippen LogP) is 4.82. The minimum Gasteiger partial charge on any atom is -0.495 e. The number of rotatable bonds is 10. The van der Waals surface area contributed by atoms with Crippen molar-refractivity contribution >= 4 is 40.9 Å². The molecule has 34 heavy (non-hydrogen) atoms. The van der Waals surface area contributed by atoms with Crippen LogP contribution in [-0.4, -0.2) is 39.4 Å². The number of methoxy groups -OCH3 is 1. The molecule has 0 saturated carbocycles. The highest BCUT2D eigenvalue weighted by atomic mass is 35.5. The van der Waals surface area contributed by atoms with Gasteiger partial charge in [-0.25, -0.2) is 0 Å². The summed E-state index contributed by atoms with van der Waals surface area (Å²) in [7, 11) is 1.53. The van der Waals surface area contributed by atoms with Crippen LogP contribution >= 0.6 is 23.4 Å². The summed E-state index contributed by atoms with van der Waals surface area (Å²) in [5, 5.41) is 15.7. The smallest absolute Gasteiger partial charge is 0.251 e. The third-order valence-corrected chi connectivity index (χ3v) is 6.30. The van der Waals surface area contributed by atoms with Gasteiger partial charge in [-0.15, -0.1) is 10.2 Å².